The molecule has 1 aromatic carbocycles. The predicted molar refractivity (Wildman–Crippen MR) is 74.0 cm³/mol. The fraction of sp³-hybridized carbons (Fsp3) is 0.200. The summed E-state index contributed by atoms with van der Waals surface area (Å²) in [5, 5.41) is 21.3. The summed E-state index contributed by atoms with van der Waals surface area (Å²) in [6, 6.07) is 12.7. The summed E-state index contributed by atoms with van der Waals surface area (Å²) in [6.07, 6.45) is 0.831. The Morgan fingerprint density at radius 1 is 1.26 bits per heavy atom. The summed E-state index contributed by atoms with van der Waals surface area (Å²) in [4.78, 5) is 4.32. The number of hydrogen-bond acceptors (Lipinski definition) is 4. The van der Waals surface area contributed by atoms with Gasteiger partial charge < -0.3 is 10.4 Å². The van der Waals surface area contributed by atoms with Crippen LogP contribution < -0.4 is 5.32 Å². The fourth-order valence-corrected chi connectivity index (χ4v) is 1.82. The van der Waals surface area contributed by atoms with E-state index in [4.69, 9.17) is 5.26 Å². The zero-order chi connectivity index (χ0) is 13.7. The van der Waals surface area contributed by atoms with Crippen LogP contribution in [0.5, 0.6) is 5.75 Å². The summed E-state index contributed by atoms with van der Waals surface area (Å²) in [5.41, 5.74) is 2.57. The highest BCUT2D eigenvalue weighted by Crippen LogP contribution is 2.12. The van der Waals surface area contributed by atoms with Crippen LogP contribution in [0.1, 0.15) is 16.8 Å². The molecule has 1 heterocycles. The molecule has 0 spiro atoms. The van der Waals surface area contributed by atoms with E-state index in [9.17, 15) is 5.11 Å². The van der Waals surface area contributed by atoms with Gasteiger partial charge in [-0.05, 0) is 43.2 Å². The van der Waals surface area contributed by atoms with Gasteiger partial charge in [0.15, 0.2) is 0 Å². The molecule has 1 aromatic heterocycles. The molecule has 0 amide bonds. The first kappa shape index (κ1) is 12.9. The van der Waals surface area contributed by atoms with Crippen molar-refractivity contribution in [2.24, 2.45) is 0 Å². The van der Waals surface area contributed by atoms with Gasteiger partial charge in [0.25, 0.3) is 0 Å². The minimum atomic E-state index is 0.274. The van der Waals surface area contributed by atoms with Gasteiger partial charge in [0.2, 0.25) is 0 Å². The van der Waals surface area contributed by atoms with Crippen molar-refractivity contribution in [3.8, 4) is 11.8 Å². The molecule has 96 valence electrons. The average molecular weight is 253 g/mol. The van der Waals surface area contributed by atoms with E-state index >= 15 is 0 Å². The van der Waals surface area contributed by atoms with Crippen molar-refractivity contribution >= 4 is 5.82 Å². The van der Waals surface area contributed by atoms with Crippen LogP contribution in [0.25, 0.3) is 0 Å². The number of aromatic nitrogens is 1. The maximum atomic E-state index is 9.19. The van der Waals surface area contributed by atoms with E-state index in [2.05, 4.69) is 16.4 Å². The Bertz CT molecular complexity index is 600. The normalized spacial score (nSPS) is 9.89. The number of hydrogen-bond donors (Lipinski definition) is 2. The van der Waals surface area contributed by atoms with Gasteiger partial charge in [-0.2, -0.15) is 5.26 Å². The largest absolute Gasteiger partial charge is 0.508 e. The van der Waals surface area contributed by atoms with Crippen molar-refractivity contribution < 1.29 is 5.11 Å². The number of phenolic OH excluding ortho intramolecular Hbond substituents is 1. The Balaban J connectivity index is 1.94. The number of rotatable bonds is 4. The molecule has 0 saturated carbocycles. The number of aryl methyl sites for hydroxylation is 1. The minimum Gasteiger partial charge on any atom is -0.508 e. The maximum Gasteiger partial charge on any atom is 0.127 e. The van der Waals surface area contributed by atoms with Crippen LogP contribution in [-0.4, -0.2) is 16.6 Å². The zero-order valence-electron chi connectivity index (χ0n) is 10.7. The number of nitrogens with one attached hydrogen (secondary N) is 1. The van der Waals surface area contributed by atoms with Crippen molar-refractivity contribution in [3.63, 3.8) is 0 Å². The van der Waals surface area contributed by atoms with Crippen LogP contribution in [0.4, 0.5) is 5.82 Å². The molecule has 0 fully saturated rings. The fourth-order valence-electron chi connectivity index (χ4n) is 1.82. The second kappa shape index (κ2) is 5.87. The van der Waals surface area contributed by atoms with Gasteiger partial charge in [0.1, 0.15) is 11.6 Å². The van der Waals surface area contributed by atoms with Gasteiger partial charge >= 0.3 is 0 Å². The Labute approximate surface area is 112 Å². The number of benzene rings is 1. The highest BCUT2D eigenvalue weighted by atomic mass is 16.3. The van der Waals surface area contributed by atoms with Crippen molar-refractivity contribution in [1.29, 1.82) is 5.26 Å². The molecule has 0 atom stereocenters. The third-order valence-corrected chi connectivity index (χ3v) is 2.74. The number of aromatic hydroxyl groups is 1. The molecule has 0 aliphatic heterocycles. The van der Waals surface area contributed by atoms with E-state index in [1.807, 2.05) is 19.1 Å². The van der Waals surface area contributed by atoms with E-state index in [1.165, 1.54) is 0 Å². The first-order valence-electron chi connectivity index (χ1n) is 6.08. The molecule has 2 rings (SSSR count). The van der Waals surface area contributed by atoms with Crippen LogP contribution >= 0.6 is 0 Å². The summed E-state index contributed by atoms with van der Waals surface area (Å²) in [7, 11) is 0. The average Bonchev–Trinajstić information content (AvgIpc) is 2.40. The molecule has 4 heteroatoms. The van der Waals surface area contributed by atoms with E-state index in [-0.39, 0.29) is 5.75 Å². The third kappa shape index (κ3) is 3.71. The topological polar surface area (TPSA) is 68.9 Å². The van der Waals surface area contributed by atoms with Crippen LogP contribution in [0.3, 0.4) is 0 Å². The highest BCUT2D eigenvalue weighted by molar-refractivity contribution is 5.44. The standard InChI is InChI=1S/C15H15N3O/c1-11-8-13(10-16)9-15(18-11)17-7-6-12-2-4-14(19)5-3-12/h2-5,8-9,19H,6-7H2,1H3,(H,17,18). The van der Waals surface area contributed by atoms with Crippen LogP contribution in [0, 0.1) is 18.3 Å². The molecule has 0 unspecified atom stereocenters. The van der Waals surface area contributed by atoms with Crippen molar-refractivity contribution in [3.05, 3.63) is 53.2 Å². The molecular weight excluding hydrogens is 238 g/mol. The molecule has 0 saturated heterocycles. The number of phenols is 1. The smallest absolute Gasteiger partial charge is 0.127 e. The van der Waals surface area contributed by atoms with E-state index < -0.39 is 0 Å². The van der Waals surface area contributed by atoms with Gasteiger partial charge in [0.05, 0.1) is 11.6 Å². The number of nitriles is 1. The van der Waals surface area contributed by atoms with Gasteiger partial charge in [-0.3, -0.25) is 0 Å². The molecule has 2 aromatic rings. The van der Waals surface area contributed by atoms with Crippen molar-refractivity contribution in [2.45, 2.75) is 13.3 Å². The quantitative estimate of drug-likeness (QED) is 0.878. The van der Waals surface area contributed by atoms with E-state index in [0.717, 1.165) is 30.0 Å². The Kier molecular flexibility index (Phi) is 3.99. The first-order valence-corrected chi connectivity index (χ1v) is 6.08. The van der Waals surface area contributed by atoms with Crippen LogP contribution in [0.2, 0.25) is 0 Å². The highest BCUT2D eigenvalue weighted by Gasteiger charge is 2.00. The Morgan fingerprint density at radius 2 is 2.00 bits per heavy atom. The van der Waals surface area contributed by atoms with Crippen molar-refractivity contribution in [1.82, 2.24) is 4.98 Å². The second-order valence-corrected chi connectivity index (χ2v) is 4.34. The number of nitrogens with zero attached hydrogens (tertiary/aromatic N) is 2. The van der Waals surface area contributed by atoms with Crippen LogP contribution in [-0.2, 0) is 6.42 Å². The van der Waals surface area contributed by atoms with E-state index in [0.29, 0.717) is 5.56 Å². The maximum absolute atomic E-state index is 9.19. The van der Waals surface area contributed by atoms with Crippen LogP contribution in [0.15, 0.2) is 36.4 Å². The van der Waals surface area contributed by atoms with Gasteiger partial charge in [-0.1, -0.05) is 12.1 Å². The summed E-state index contributed by atoms with van der Waals surface area (Å²) in [6.45, 7) is 2.60. The van der Waals surface area contributed by atoms with Gasteiger partial charge in [-0.15, -0.1) is 0 Å². The van der Waals surface area contributed by atoms with Crippen molar-refractivity contribution in [2.75, 3.05) is 11.9 Å². The lowest BCUT2D eigenvalue weighted by molar-refractivity contribution is 0.475. The SMILES string of the molecule is Cc1cc(C#N)cc(NCCc2ccc(O)cc2)n1. The Morgan fingerprint density at radius 3 is 2.68 bits per heavy atom. The molecular formula is C15H15N3O. The zero-order valence-corrected chi connectivity index (χ0v) is 10.7. The van der Waals surface area contributed by atoms with Gasteiger partial charge in [-0.25, -0.2) is 4.98 Å². The molecule has 0 aliphatic carbocycles. The second-order valence-electron chi connectivity index (χ2n) is 4.34. The molecule has 4 nitrogen and oxygen atoms in total. The molecule has 0 radical (unpaired) electrons. The predicted octanol–water partition coefficient (Wildman–Crippen LogP) is 2.62. The lowest BCUT2D eigenvalue weighted by Crippen LogP contribution is -2.07. The van der Waals surface area contributed by atoms with Gasteiger partial charge in [0, 0.05) is 12.2 Å². The summed E-state index contributed by atoms with van der Waals surface area (Å²) in [5.74, 6) is 0.992. The molecule has 19 heavy (non-hydrogen) atoms. The molecule has 0 aliphatic rings. The molecule has 0 bridgehead atoms. The monoisotopic (exact) mass is 253 g/mol. The first-order chi connectivity index (χ1) is 9.17. The Hall–Kier alpha value is -2.54. The summed E-state index contributed by atoms with van der Waals surface area (Å²) < 4.78 is 0. The lowest BCUT2D eigenvalue weighted by atomic mass is 10.1. The van der Waals surface area contributed by atoms with E-state index in [1.54, 1.807) is 24.3 Å². The third-order valence-electron chi connectivity index (χ3n) is 2.74. The summed E-state index contributed by atoms with van der Waals surface area (Å²) >= 11 is 0. The molecule has 2 N–H and O–H groups in total. The number of pyridine rings is 1. The minimum absolute atomic E-state index is 0.274. The lowest BCUT2D eigenvalue weighted by Gasteiger charge is -2.07. The number of anilines is 1.